The van der Waals surface area contributed by atoms with Crippen molar-refractivity contribution in [1.82, 2.24) is 9.13 Å². The second-order valence-corrected chi connectivity index (χ2v) is 3.99. The molecule has 0 amide bonds. The van der Waals surface area contributed by atoms with E-state index in [0.29, 0.717) is 25.1 Å². The topological polar surface area (TPSA) is 44.0 Å². The average Bonchev–Trinajstić information content (AvgIpc) is 2.30. The molecule has 1 rings (SSSR count). The number of nitrogens with zero attached hydrogens (tertiary/aromatic N) is 2. The van der Waals surface area contributed by atoms with Crippen molar-refractivity contribution in [2.75, 3.05) is 0 Å². The fraction of sp³-hybridized carbons (Fsp3) is 0.500. The van der Waals surface area contributed by atoms with Gasteiger partial charge < -0.3 is 0 Å². The second kappa shape index (κ2) is 5.87. The molecule has 0 N–H and O–H groups in total. The van der Waals surface area contributed by atoms with E-state index >= 15 is 0 Å². The third-order valence-electron chi connectivity index (χ3n) is 2.64. The van der Waals surface area contributed by atoms with Gasteiger partial charge in [0.15, 0.2) is 0 Å². The van der Waals surface area contributed by atoms with Crippen molar-refractivity contribution >= 4 is 11.6 Å². The first-order valence-electron chi connectivity index (χ1n) is 5.71. The van der Waals surface area contributed by atoms with Crippen LogP contribution in [0.5, 0.6) is 0 Å². The van der Waals surface area contributed by atoms with E-state index in [9.17, 15) is 9.59 Å². The highest BCUT2D eigenvalue weighted by molar-refractivity contribution is 6.30. The third kappa shape index (κ3) is 2.52. The predicted octanol–water partition coefficient (Wildman–Crippen LogP) is 1.82. The quantitative estimate of drug-likeness (QED) is 0.609. The smallest absolute Gasteiger partial charge is 0.280 e. The van der Waals surface area contributed by atoms with E-state index in [1.807, 2.05) is 26.0 Å². The number of hydrogen-bond acceptors (Lipinski definition) is 2. The van der Waals surface area contributed by atoms with Crippen LogP contribution in [0.25, 0.3) is 0 Å². The summed E-state index contributed by atoms with van der Waals surface area (Å²) in [4.78, 5) is 24.0. The van der Waals surface area contributed by atoms with Gasteiger partial charge in [0, 0.05) is 13.1 Å². The lowest BCUT2D eigenvalue weighted by molar-refractivity contribution is 0.593. The molecule has 1 heterocycles. The van der Waals surface area contributed by atoms with E-state index in [1.165, 1.54) is 9.13 Å². The van der Waals surface area contributed by atoms with Crippen LogP contribution in [0.15, 0.2) is 21.7 Å². The molecule has 1 aromatic heterocycles. The molecule has 17 heavy (non-hydrogen) atoms. The lowest BCUT2D eigenvalue weighted by atomic mass is 10.2. The molecule has 0 bridgehead atoms. The summed E-state index contributed by atoms with van der Waals surface area (Å²) in [6.07, 6.45) is 4.20. The van der Waals surface area contributed by atoms with Gasteiger partial charge in [-0.05, 0) is 20.3 Å². The van der Waals surface area contributed by atoms with Gasteiger partial charge in [-0.3, -0.25) is 13.9 Å². The largest absolute Gasteiger partial charge is 0.332 e. The maximum Gasteiger partial charge on any atom is 0.332 e. The lowest BCUT2D eigenvalue weighted by Crippen LogP contribution is -2.41. The van der Waals surface area contributed by atoms with Crippen molar-refractivity contribution in [1.29, 1.82) is 0 Å². The molecule has 0 aliphatic rings. The molecule has 5 heteroatoms. The van der Waals surface area contributed by atoms with Gasteiger partial charge in [-0.1, -0.05) is 30.7 Å². The molecular formula is C12H17ClN2O2. The van der Waals surface area contributed by atoms with Crippen LogP contribution in [0.2, 0.25) is 5.15 Å². The normalized spacial score (nSPS) is 11.3. The number of allylic oxidation sites excluding steroid dienone is 2. The van der Waals surface area contributed by atoms with E-state index in [2.05, 4.69) is 0 Å². The summed E-state index contributed by atoms with van der Waals surface area (Å²) in [5, 5.41) is 0.255. The Balaban J connectivity index is 3.60. The van der Waals surface area contributed by atoms with Crippen molar-refractivity contribution in [3.8, 4) is 0 Å². The van der Waals surface area contributed by atoms with E-state index in [1.54, 1.807) is 6.92 Å². The number of aromatic nitrogens is 2. The van der Waals surface area contributed by atoms with Crippen molar-refractivity contribution in [3.63, 3.8) is 0 Å². The van der Waals surface area contributed by atoms with Gasteiger partial charge in [0.05, 0.1) is 5.56 Å². The van der Waals surface area contributed by atoms with Crippen LogP contribution in [0, 0.1) is 0 Å². The van der Waals surface area contributed by atoms with Gasteiger partial charge in [0.25, 0.3) is 5.56 Å². The Morgan fingerprint density at radius 3 is 2.35 bits per heavy atom. The van der Waals surface area contributed by atoms with Gasteiger partial charge in [-0.15, -0.1) is 0 Å². The highest BCUT2D eigenvalue weighted by Gasteiger charge is 2.14. The van der Waals surface area contributed by atoms with Gasteiger partial charge in [-0.2, -0.15) is 0 Å². The fourth-order valence-electron chi connectivity index (χ4n) is 1.68. The van der Waals surface area contributed by atoms with Gasteiger partial charge in [0.2, 0.25) is 0 Å². The fourth-order valence-corrected chi connectivity index (χ4v) is 2.03. The first-order chi connectivity index (χ1) is 8.08. The summed E-state index contributed by atoms with van der Waals surface area (Å²) in [7, 11) is 0. The Bertz CT molecular complexity index is 541. The van der Waals surface area contributed by atoms with Crippen molar-refractivity contribution in [2.45, 2.75) is 40.3 Å². The minimum atomic E-state index is -0.349. The summed E-state index contributed by atoms with van der Waals surface area (Å²) in [5.41, 5.74) is -0.128. The Kier molecular flexibility index (Phi) is 4.75. The Morgan fingerprint density at radius 1 is 1.24 bits per heavy atom. The molecule has 0 aliphatic heterocycles. The summed E-state index contributed by atoms with van der Waals surface area (Å²) in [5.74, 6) is 0. The number of halogens is 1. The molecular weight excluding hydrogens is 240 g/mol. The molecule has 0 fully saturated rings. The standard InChI is InChI=1S/C12H17ClN2O2/c1-4-7-8-15-10(13)9(5-2)11(16)14(6-3)12(15)17/h4,7H,5-6,8H2,1-3H3. The molecule has 0 aromatic carbocycles. The summed E-state index contributed by atoms with van der Waals surface area (Å²) in [6.45, 7) is 6.25. The van der Waals surface area contributed by atoms with E-state index in [-0.39, 0.29) is 16.4 Å². The van der Waals surface area contributed by atoms with Gasteiger partial charge in [0.1, 0.15) is 5.15 Å². The van der Waals surface area contributed by atoms with Crippen LogP contribution in [0.1, 0.15) is 26.3 Å². The zero-order valence-electron chi connectivity index (χ0n) is 10.4. The molecule has 0 saturated carbocycles. The Morgan fingerprint density at radius 2 is 1.88 bits per heavy atom. The maximum absolute atomic E-state index is 12.0. The van der Waals surface area contributed by atoms with Crippen molar-refractivity contribution in [3.05, 3.63) is 43.7 Å². The van der Waals surface area contributed by atoms with E-state index in [0.717, 1.165) is 0 Å². The molecule has 1 aromatic rings. The molecule has 94 valence electrons. The first-order valence-corrected chi connectivity index (χ1v) is 6.09. The van der Waals surface area contributed by atoms with Crippen LogP contribution in [0.4, 0.5) is 0 Å². The molecule has 0 spiro atoms. The molecule has 0 aliphatic carbocycles. The number of hydrogen-bond donors (Lipinski definition) is 0. The maximum atomic E-state index is 12.0. The van der Waals surface area contributed by atoms with Crippen LogP contribution >= 0.6 is 11.6 Å². The third-order valence-corrected chi connectivity index (χ3v) is 3.08. The monoisotopic (exact) mass is 256 g/mol. The van der Waals surface area contributed by atoms with Gasteiger partial charge >= 0.3 is 5.69 Å². The van der Waals surface area contributed by atoms with Crippen LogP contribution < -0.4 is 11.2 Å². The summed E-state index contributed by atoms with van der Waals surface area (Å²) < 4.78 is 2.64. The molecule has 0 radical (unpaired) electrons. The number of rotatable bonds is 4. The Hall–Kier alpha value is -1.29. The highest BCUT2D eigenvalue weighted by Crippen LogP contribution is 2.10. The minimum Gasteiger partial charge on any atom is -0.280 e. The predicted molar refractivity (Wildman–Crippen MR) is 69.8 cm³/mol. The summed E-state index contributed by atoms with van der Waals surface area (Å²) >= 11 is 6.10. The van der Waals surface area contributed by atoms with E-state index in [4.69, 9.17) is 11.6 Å². The first kappa shape index (κ1) is 13.8. The molecule has 0 unspecified atom stereocenters. The van der Waals surface area contributed by atoms with Crippen molar-refractivity contribution < 1.29 is 0 Å². The lowest BCUT2D eigenvalue weighted by Gasteiger charge is -2.12. The molecule has 4 nitrogen and oxygen atoms in total. The van der Waals surface area contributed by atoms with Crippen LogP contribution in [0.3, 0.4) is 0 Å². The van der Waals surface area contributed by atoms with E-state index < -0.39 is 0 Å². The minimum absolute atomic E-state index is 0.255. The highest BCUT2D eigenvalue weighted by atomic mass is 35.5. The van der Waals surface area contributed by atoms with Gasteiger partial charge in [-0.25, -0.2) is 4.79 Å². The van der Waals surface area contributed by atoms with Crippen LogP contribution in [-0.2, 0) is 19.5 Å². The SMILES string of the molecule is CC=CCn1c(Cl)c(CC)c(=O)n(CC)c1=O. The average molecular weight is 257 g/mol. The van der Waals surface area contributed by atoms with Crippen LogP contribution in [-0.4, -0.2) is 9.13 Å². The zero-order valence-corrected chi connectivity index (χ0v) is 11.1. The second-order valence-electron chi connectivity index (χ2n) is 3.63. The molecule has 0 atom stereocenters. The summed E-state index contributed by atoms with van der Waals surface area (Å²) in [6, 6.07) is 0. The Labute approximate surface area is 105 Å². The van der Waals surface area contributed by atoms with Crippen molar-refractivity contribution in [2.24, 2.45) is 0 Å². The molecule has 0 saturated heterocycles. The zero-order chi connectivity index (χ0) is 13.0.